The van der Waals surface area contributed by atoms with E-state index in [1.54, 1.807) is 6.92 Å². The lowest BCUT2D eigenvalue weighted by Crippen LogP contribution is -1.77. The molecular formula is C4H5N2O3P. The molecule has 0 fully saturated rings. The van der Waals surface area contributed by atoms with Gasteiger partial charge in [0, 0.05) is 0 Å². The van der Waals surface area contributed by atoms with Crippen LogP contribution < -0.4 is 0 Å². The molecule has 0 aliphatic heterocycles. The smallest absolute Gasteiger partial charge is 0.311 e. The quantitative estimate of drug-likeness (QED) is 0.349. The van der Waals surface area contributed by atoms with Crippen LogP contribution in [0.3, 0.4) is 0 Å². The number of isocyanates is 2. The van der Waals surface area contributed by atoms with Crippen molar-refractivity contribution in [3.05, 3.63) is 0 Å². The van der Waals surface area contributed by atoms with Crippen LogP contribution in [0.5, 0.6) is 0 Å². The van der Waals surface area contributed by atoms with Gasteiger partial charge in [-0.2, -0.15) is 0 Å². The van der Waals surface area contributed by atoms with Crippen LogP contribution in [-0.4, -0.2) is 18.8 Å². The molecule has 0 radical (unpaired) electrons. The second kappa shape index (κ2) is 6.27. The summed E-state index contributed by atoms with van der Waals surface area (Å²) in [5.41, 5.74) is 0. The molecule has 5 nitrogen and oxygen atoms in total. The maximum absolute atomic E-state index is 9.62. The van der Waals surface area contributed by atoms with Crippen LogP contribution in [0.25, 0.3) is 0 Å². The van der Waals surface area contributed by atoms with Gasteiger partial charge in [-0.15, -0.1) is 9.53 Å². The van der Waals surface area contributed by atoms with Crippen molar-refractivity contribution in [2.75, 3.05) is 6.61 Å². The second-order valence-corrected chi connectivity index (χ2v) is 2.22. The summed E-state index contributed by atoms with van der Waals surface area (Å²) in [4.78, 5) is 19.2. The van der Waals surface area contributed by atoms with Gasteiger partial charge in [0.05, 0.1) is 6.61 Å². The average Bonchev–Trinajstić information content (AvgIpc) is 1.90. The van der Waals surface area contributed by atoms with Crippen molar-refractivity contribution in [3.8, 4) is 0 Å². The molecule has 54 valence electrons. The Labute approximate surface area is 58.8 Å². The Hall–Kier alpha value is -0.850. The van der Waals surface area contributed by atoms with E-state index >= 15 is 0 Å². The van der Waals surface area contributed by atoms with Crippen LogP contribution in [0.15, 0.2) is 9.53 Å². The second-order valence-electron chi connectivity index (χ2n) is 1.05. The zero-order valence-corrected chi connectivity index (χ0v) is 6.17. The van der Waals surface area contributed by atoms with Crippen LogP contribution >= 0.6 is 8.45 Å². The summed E-state index contributed by atoms with van der Waals surface area (Å²) in [6, 6.07) is 0. The van der Waals surface area contributed by atoms with Crippen molar-refractivity contribution < 1.29 is 14.1 Å². The highest BCUT2D eigenvalue weighted by molar-refractivity contribution is 7.49. The van der Waals surface area contributed by atoms with Gasteiger partial charge in [-0.1, -0.05) is 0 Å². The summed E-state index contributed by atoms with van der Waals surface area (Å²) in [5, 5.41) is 0. The van der Waals surface area contributed by atoms with Crippen LogP contribution in [0.1, 0.15) is 6.92 Å². The molecule has 0 rings (SSSR count). The minimum Gasteiger partial charge on any atom is -0.320 e. The molecule has 0 aliphatic rings. The highest BCUT2D eigenvalue weighted by Gasteiger charge is 2.02. The van der Waals surface area contributed by atoms with Gasteiger partial charge in [0.1, 0.15) is 0 Å². The van der Waals surface area contributed by atoms with Gasteiger partial charge < -0.3 is 4.52 Å². The first kappa shape index (κ1) is 9.15. The van der Waals surface area contributed by atoms with Gasteiger partial charge in [0.2, 0.25) is 12.2 Å². The van der Waals surface area contributed by atoms with E-state index < -0.39 is 8.45 Å². The van der Waals surface area contributed by atoms with E-state index in [1.807, 2.05) is 0 Å². The van der Waals surface area contributed by atoms with Crippen molar-refractivity contribution in [2.45, 2.75) is 6.92 Å². The summed E-state index contributed by atoms with van der Waals surface area (Å²) in [6.07, 6.45) is 2.49. The standard InChI is InChI=1S/C4H5N2O3P/c1-2-9-10(5-3-7)6-4-8/h2H2,1H3. The third-order valence-electron chi connectivity index (χ3n) is 0.497. The van der Waals surface area contributed by atoms with E-state index in [-0.39, 0.29) is 0 Å². The van der Waals surface area contributed by atoms with Crippen molar-refractivity contribution in [1.29, 1.82) is 0 Å². The SMILES string of the molecule is CCOP(N=C=O)N=C=O. The molecule has 0 aromatic rings. The normalized spacial score (nSPS) is 10.9. The fraction of sp³-hybridized carbons (Fsp3) is 0.500. The molecule has 0 saturated carbocycles. The minimum atomic E-state index is -1.66. The fourth-order valence-electron chi connectivity index (χ4n) is 0.265. The van der Waals surface area contributed by atoms with Gasteiger partial charge in [0.25, 0.3) is 0 Å². The molecule has 0 aliphatic carbocycles. The number of hydrogen-bond acceptors (Lipinski definition) is 5. The van der Waals surface area contributed by atoms with E-state index in [2.05, 4.69) is 9.53 Å². The number of nitrogens with zero attached hydrogens (tertiary/aromatic N) is 2. The Kier molecular flexibility index (Phi) is 5.74. The van der Waals surface area contributed by atoms with Gasteiger partial charge >= 0.3 is 8.45 Å². The minimum absolute atomic E-state index is 0.349. The molecule has 0 heterocycles. The zero-order valence-electron chi connectivity index (χ0n) is 5.27. The van der Waals surface area contributed by atoms with Crippen LogP contribution in [0.4, 0.5) is 0 Å². The van der Waals surface area contributed by atoms with E-state index in [9.17, 15) is 9.59 Å². The van der Waals surface area contributed by atoms with Crippen molar-refractivity contribution in [1.82, 2.24) is 0 Å². The molecule has 0 atom stereocenters. The predicted octanol–water partition coefficient (Wildman–Crippen LogP) is 0.921. The average molecular weight is 160 g/mol. The highest BCUT2D eigenvalue weighted by atomic mass is 31.2. The molecule has 0 spiro atoms. The Morgan fingerprint density at radius 1 is 1.40 bits per heavy atom. The molecule has 0 bridgehead atoms. The zero-order chi connectivity index (χ0) is 7.82. The first-order valence-corrected chi connectivity index (χ1v) is 3.60. The van der Waals surface area contributed by atoms with Gasteiger partial charge in [0.15, 0.2) is 0 Å². The summed E-state index contributed by atoms with van der Waals surface area (Å²) >= 11 is 0. The van der Waals surface area contributed by atoms with E-state index in [0.29, 0.717) is 6.61 Å². The Morgan fingerprint density at radius 3 is 2.20 bits per heavy atom. The molecule has 0 unspecified atom stereocenters. The van der Waals surface area contributed by atoms with Gasteiger partial charge in [-0.3, -0.25) is 0 Å². The number of carbonyl (C=O) groups excluding carboxylic acids is 2. The lowest BCUT2D eigenvalue weighted by Gasteiger charge is -1.97. The van der Waals surface area contributed by atoms with Crippen LogP contribution in [0, 0.1) is 0 Å². The van der Waals surface area contributed by atoms with Gasteiger partial charge in [-0.25, -0.2) is 9.59 Å². The first-order valence-electron chi connectivity index (χ1n) is 2.43. The van der Waals surface area contributed by atoms with Crippen molar-refractivity contribution in [2.24, 2.45) is 9.53 Å². The molecule has 0 amide bonds. The topological polar surface area (TPSA) is 68.1 Å². The van der Waals surface area contributed by atoms with Crippen molar-refractivity contribution >= 4 is 20.6 Å². The summed E-state index contributed by atoms with van der Waals surface area (Å²) < 4.78 is 11.0. The molecule has 0 aromatic carbocycles. The van der Waals surface area contributed by atoms with E-state index in [4.69, 9.17) is 4.52 Å². The lowest BCUT2D eigenvalue weighted by molar-refractivity contribution is 0.378. The molecular weight excluding hydrogens is 155 g/mol. The largest absolute Gasteiger partial charge is 0.320 e. The number of rotatable bonds is 4. The third-order valence-corrected chi connectivity index (χ3v) is 1.49. The molecule has 0 N–H and O–H groups in total. The van der Waals surface area contributed by atoms with Crippen molar-refractivity contribution in [3.63, 3.8) is 0 Å². The molecule has 0 saturated heterocycles. The third kappa shape index (κ3) is 4.07. The predicted molar refractivity (Wildman–Crippen MR) is 34.8 cm³/mol. The van der Waals surface area contributed by atoms with Crippen LogP contribution in [0.2, 0.25) is 0 Å². The molecule has 10 heavy (non-hydrogen) atoms. The summed E-state index contributed by atoms with van der Waals surface area (Å²) in [5.74, 6) is 0. The van der Waals surface area contributed by atoms with E-state index in [0.717, 1.165) is 0 Å². The highest BCUT2D eigenvalue weighted by Crippen LogP contribution is 2.38. The summed E-state index contributed by atoms with van der Waals surface area (Å²) in [6.45, 7) is 2.05. The lowest BCUT2D eigenvalue weighted by atomic mass is 10.9. The molecule has 6 heteroatoms. The first-order chi connectivity index (χ1) is 4.85. The Morgan fingerprint density at radius 2 is 1.90 bits per heavy atom. The maximum Gasteiger partial charge on any atom is 0.311 e. The Balaban J connectivity index is 3.96. The molecule has 0 aromatic heterocycles. The van der Waals surface area contributed by atoms with Crippen LogP contribution in [-0.2, 0) is 14.1 Å². The maximum atomic E-state index is 9.62. The Bertz CT molecular complexity index is 165. The summed E-state index contributed by atoms with van der Waals surface area (Å²) in [7, 11) is -1.66. The number of hydrogen-bond donors (Lipinski definition) is 0. The monoisotopic (exact) mass is 160 g/mol. The fourth-order valence-corrected chi connectivity index (χ4v) is 0.796. The van der Waals surface area contributed by atoms with Gasteiger partial charge in [-0.05, 0) is 6.92 Å². The van der Waals surface area contributed by atoms with E-state index in [1.165, 1.54) is 12.2 Å².